The second kappa shape index (κ2) is 11.9. The number of fused-ring (bicyclic) bond motifs is 1. The van der Waals surface area contributed by atoms with Crippen LogP contribution in [0.15, 0.2) is 28.0 Å². The average molecular weight is 527 g/mol. The summed E-state index contributed by atoms with van der Waals surface area (Å²) in [6.07, 6.45) is 11.6. The van der Waals surface area contributed by atoms with Crippen molar-refractivity contribution < 1.29 is 4.79 Å². The minimum absolute atomic E-state index is 0.0985. The quantitative estimate of drug-likeness (QED) is 0.225. The Kier molecular flexibility index (Phi) is 8.88. The molecule has 4 rings (SSSR count). The lowest BCUT2D eigenvalue weighted by molar-refractivity contribution is -0.122. The molecule has 0 N–H and O–H groups in total. The van der Waals surface area contributed by atoms with Gasteiger partial charge in [-0.3, -0.25) is 18.9 Å². The Balaban J connectivity index is 1.66. The Morgan fingerprint density at radius 3 is 2.53 bits per heavy atom. The van der Waals surface area contributed by atoms with Crippen LogP contribution in [-0.4, -0.2) is 44.1 Å². The molecule has 0 saturated carbocycles. The van der Waals surface area contributed by atoms with E-state index in [0.29, 0.717) is 44.6 Å². The molecular formula is C28H38N4O2S2. The van der Waals surface area contributed by atoms with Crippen molar-refractivity contribution in [1.29, 1.82) is 0 Å². The third kappa shape index (κ3) is 5.86. The van der Waals surface area contributed by atoms with Gasteiger partial charge in [0.2, 0.25) is 0 Å². The highest BCUT2D eigenvalue weighted by atomic mass is 32.2. The summed E-state index contributed by atoms with van der Waals surface area (Å²) in [6.45, 7) is 11.0. The first-order chi connectivity index (χ1) is 17.3. The maximum atomic E-state index is 13.7. The first-order valence-corrected chi connectivity index (χ1v) is 14.5. The molecule has 0 spiro atoms. The molecule has 8 heteroatoms. The SMILES string of the molecule is CCCCCCCCN1C(=O)/C(=C\c2c(N3C[C@H](C)C[C@H](C)C3)nc3c(C)cccn3c2=O)SC1=S. The van der Waals surface area contributed by atoms with Gasteiger partial charge in [0.05, 0.1) is 10.5 Å². The summed E-state index contributed by atoms with van der Waals surface area (Å²) < 4.78 is 2.17. The molecule has 0 aromatic carbocycles. The van der Waals surface area contributed by atoms with Crippen LogP contribution in [0, 0.1) is 18.8 Å². The number of anilines is 1. The minimum Gasteiger partial charge on any atom is -0.355 e. The third-order valence-electron chi connectivity index (χ3n) is 7.12. The van der Waals surface area contributed by atoms with Crippen LogP contribution in [0.1, 0.15) is 76.8 Å². The van der Waals surface area contributed by atoms with Gasteiger partial charge in [0.1, 0.15) is 15.8 Å². The van der Waals surface area contributed by atoms with Crippen molar-refractivity contribution in [2.75, 3.05) is 24.5 Å². The van der Waals surface area contributed by atoms with Gasteiger partial charge >= 0.3 is 0 Å². The number of hydrogen-bond donors (Lipinski definition) is 0. The van der Waals surface area contributed by atoms with Gasteiger partial charge in [-0.05, 0) is 49.3 Å². The average Bonchev–Trinajstić information content (AvgIpc) is 3.10. The highest BCUT2D eigenvalue weighted by Crippen LogP contribution is 2.35. The Morgan fingerprint density at radius 1 is 1.11 bits per heavy atom. The summed E-state index contributed by atoms with van der Waals surface area (Å²) in [5.74, 6) is 1.59. The fraction of sp³-hybridized carbons (Fsp3) is 0.571. The van der Waals surface area contributed by atoms with Crippen LogP contribution < -0.4 is 10.5 Å². The first-order valence-electron chi connectivity index (χ1n) is 13.3. The number of thioether (sulfide) groups is 1. The largest absolute Gasteiger partial charge is 0.355 e. The zero-order chi connectivity index (χ0) is 25.8. The Hall–Kier alpha value is -2.19. The van der Waals surface area contributed by atoms with Crippen LogP contribution in [0.4, 0.5) is 5.82 Å². The van der Waals surface area contributed by atoms with Gasteiger partial charge in [0.25, 0.3) is 11.5 Å². The highest BCUT2D eigenvalue weighted by Gasteiger charge is 2.33. The number of unbranched alkanes of at least 4 members (excludes halogenated alkanes) is 5. The summed E-state index contributed by atoms with van der Waals surface area (Å²) in [7, 11) is 0. The van der Waals surface area contributed by atoms with Gasteiger partial charge in [-0.25, -0.2) is 4.98 Å². The van der Waals surface area contributed by atoms with E-state index in [2.05, 4.69) is 25.7 Å². The van der Waals surface area contributed by atoms with Gasteiger partial charge < -0.3 is 4.90 Å². The molecule has 4 heterocycles. The van der Waals surface area contributed by atoms with Crippen LogP contribution in [0.3, 0.4) is 0 Å². The molecule has 194 valence electrons. The smallest absolute Gasteiger partial charge is 0.267 e. The lowest BCUT2D eigenvalue weighted by atomic mass is 9.91. The summed E-state index contributed by atoms with van der Waals surface area (Å²) >= 11 is 6.86. The molecule has 6 nitrogen and oxygen atoms in total. The molecule has 2 aromatic heterocycles. The van der Waals surface area contributed by atoms with E-state index in [1.807, 2.05) is 19.1 Å². The van der Waals surface area contributed by atoms with Crippen molar-refractivity contribution in [3.05, 3.63) is 44.7 Å². The molecule has 2 atom stereocenters. The van der Waals surface area contributed by atoms with Gasteiger partial charge in [0.15, 0.2) is 0 Å². The number of aromatic nitrogens is 2. The number of hydrogen-bond acceptors (Lipinski definition) is 6. The zero-order valence-electron chi connectivity index (χ0n) is 22.0. The van der Waals surface area contributed by atoms with Crippen LogP contribution in [0.25, 0.3) is 11.7 Å². The molecule has 0 aliphatic carbocycles. The van der Waals surface area contributed by atoms with Crippen molar-refractivity contribution in [3.63, 3.8) is 0 Å². The first kappa shape index (κ1) is 26.9. The molecule has 0 unspecified atom stereocenters. The lowest BCUT2D eigenvalue weighted by Gasteiger charge is -2.36. The minimum atomic E-state index is -0.147. The monoisotopic (exact) mass is 526 g/mol. The van der Waals surface area contributed by atoms with Crippen LogP contribution in [-0.2, 0) is 4.79 Å². The fourth-order valence-corrected chi connectivity index (χ4v) is 6.67. The van der Waals surface area contributed by atoms with Gasteiger partial charge in [-0.15, -0.1) is 0 Å². The molecule has 2 aliphatic heterocycles. The molecule has 2 aliphatic rings. The number of carbonyl (C=O) groups is 1. The van der Waals surface area contributed by atoms with E-state index in [9.17, 15) is 9.59 Å². The fourth-order valence-electron chi connectivity index (χ4n) is 5.38. The maximum absolute atomic E-state index is 13.7. The predicted octanol–water partition coefficient (Wildman–Crippen LogP) is 6.05. The molecule has 2 saturated heterocycles. The van der Waals surface area contributed by atoms with E-state index in [0.717, 1.165) is 37.9 Å². The van der Waals surface area contributed by atoms with Crippen molar-refractivity contribution in [2.45, 2.75) is 72.6 Å². The van der Waals surface area contributed by atoms with Crippen molar-refractivity contribution in [2.24, 2.45) is 11.8 Å². The Bertz CT molecular complexity index is 1210. The molecule has 0 bridgehead atoms. The number of nitrogens with zero attached hydrogens (tertiary/aromatic N) is 4. The number of rotatable bonds is 9. The third-order valence-corrected chi connectivity index (χ3v) is 8.49. The molecule has 1 amide bonds. The number of carbonyl (C=O) groups excluding carboxylic acids is 1. The number of amides is 1. The normalized spacial score (nSPS) is 21.8. The summed E-state index contributed by atoms with van der Waals surface area (Å²) in [4.78, 5) is 36.5. The number of aryl methyl sites for hydroxylation is 1. The zero-order valence-corrected chi connectivity index (χ0v) is 23.6. The highest BCUT2D eigenvalue weighted by molar-refractivity contribution is 8.26. The van der Waals surface area contributed by atoms with Crippen LogP contribution in [0.5, 0.6) is 0 Å². The second-order valence-electron chi connectivity index (χ2n) is 10.5. The van der Waals surface area contributed by atoms with Crippen molar-refractivity contribution in [3.8, 4) is 0 Å². The Labute approximate surface area is 224 Å². The van der Waals surface area contributed by atoms with Gasteiger partial charge in [-0.2, -0.15) is 0 Å². The summed E-state index contributed by atoms with van der Waals surface area (Å²) in [5.41, 5.74) is 1.94. The Morgan fingerprint density at radius 2 is 1.81 bits per heavy atom. The molecule has 0 radical (unpaired) electrons. The standard InChI is InChI=1S/C28H38N4O2S2/c1-5-6-7-8-9-10-13-32-27(34)23(36-28(32)35)16-22-25(30-17-19(2)15-20(3)18-30)29-24-21(4)12-11-14-31(24)26(22)33/h11-12,14,16,19-20H,5-10,13,15,17-18H2,1-4H3/b23-16+/t19-,20+. The van der Waals surface area contributed by atoms with E-state index in [1.54, 1.807) is 21.6 Å². The summed E-state index contributed by atoms with van der Waals surface area (Å²) in [6, 6.07) is 3.83. The summed E-state index contributed by atoms with van der Waals surface area (Å²) in [5, 5.41) is 0. The van der Waals surface area contributed by atoms with Crippen LogP contribution in [0.2, 0.25) is 0 Å². The van der Waals surface area contributed by atoms with E-state index in [4.69, 9.17) is 17.2 Å². The van der Waals surface area contributed by atoms with Crippen molar-refractivity contribution in [1.82, 2.24) is 14.3 Å². The number of pyridine rings is 1. The van der Waals surface area contributed by atoms with Crippen LogP contribution >= 0.6 is 24.0 Å². The van der Waals surface area contributed by atoms with Gasteiger partial charge in [-0.1, -0.05) is 82.9 Å². The van der Waals surface area contributed by atoms with Gasteiger partial charge in [0, 0.05) is 25.8 Å². The lowest BCUT2D eigenvalue weighted by Crippen LogP contribution is -2.40. The number of piperidine rings is 1. The maximum Gasteiger partial charge on any atom is 0.267 e. The molecule has 2 fully saturated rings. The predicted molar refractivity (Wildman–Crippen MR) is 155 cm³/mol. The van der Waals surface area contributed by atoms with E-state index in [1.165, 1.54) is 37.4 Å². The van der Waals surface area contributed by atoms with E-state index < -0.39 is 0 Å². The molecule has 36 heavy (non-hydrogen) atoms. The number of thiocarbonyl (C=S) groups is 1. The van der Waals surface area contributed by atoms with E-state index >= 15 is 0 Å². The van der Waals surface area contributed by atoms with E-state index in [-0.39, 0.29) is 11.5 Å². The van der Waals surface area contributed by atoms with Crippen molar-refractivity contribution >= 4 is 51.7 Å². The molecule has 2 aromatic rings. The second-order valence-corrected chi connectivity index (χ2v) is 12.2. The topological polar surface area (TPSA) is 57.9 Å². The molecular weight excluding hydrogens is 488 g/mol.